The Kier molecular flexibility index (Phi) is 4.22. The summed E-state index contributed by atoms with van der Waals surface area (Å²) in [7, 11) is 0. The van der Waals surface area contributed by atoms with Gasteiger partial charge < -0.3 is 11.1 Å². The maximum absolute atomic E-state index is 13.1. The summed E-state index contributed by atoms with van der Waals surface area (Å²) in [5.74, 6) is 1.55. The molecule has 0 unspecified atom stereocenters. The minimum Gasteiger partial charge on any atom is -0.368 e. The second kappa shape index (κ2) is 6.42. The molecule has 4 saturated carbocycles. The molecule has 0 spiro atoms. The number of hydrogen-bond acceptors (Lipinski definition) is 3. The lowest BCUT2D eigenvalue weighted by Gasteiger charge is -2.55. The number of hydrogen-bond donors (Lipinski definition) is 2. The van der Waals surface area contributed by atoms with Crippen LogP contribution in [-0.2, 0) is 16.0 Å². The van der Waals surface area contributed by atoms with Gasteiger partial charge in [0, 0.05) is 11.8 Å². The average Bonchev–Trinajstić information content (AvgIpc) is 2.60. The van der Waals surface area contributed by atoms with Gasteiger partial charge in [0.2, 0.25) is 11.8 Å². The lowest BCUT2D eigenvalue weighted by Crippen LogP contribution is -2.57. The van der Waals surface area contributed by atoms with Crippen LogP contribution in [0.4, 0.5) is 0 Å². The Morgan fingerprint density at radius 3 is 2.12 bits per heavy atom. The third-order valence-corrected chi connectivity index (χ3v) is 6.69. The second-order valence-corrected chi connectivity index (χ2v) is 8.64. The maximum Gasteiger partial charge on any atom is 0.240 e. The zero-order valence-corrected chi connectivity index (χ0v) is 14.9. The van der Waals surface area contributed by atoms with Gasteiger partial charge in [0.25, 0.3) is 0 Å². The summed E-state index contributed by atoms with van der Waals surface area (Å²) >= 11 is 0. The number of primary amides is 1. The fourth-order valence-electron chi connectivity index (χ4n) is 5.87. The van der Waals surface area contributed by atoms with Crippen molar-refractivity contribution in [1.82, 2.24) is 5.32 Å². The van der Waals surface area contributed by atoms with Crippen LogP contribution in [0.25, 0.3) is 0 Å². The van der Waals surface area contributed by atoms with Gasteiger partial charge in [-0.2, -0.15) is 5.26 Å². The molecule has 5 rings (SSSR count). The van der Waals surface area contributed by atoms with Crippen molar-refractivity contribution >= 4 is 11.8 Å². The first kappa shape index (κ1) is 17.1. The highest BCUT2D eigenvalue weighted by atomic mass is 16.2. The Morgan fingerprint density at radius 1 is 1.12 bits per heavy atom. The Morgan fingerprint density at radius 2 is 1.65 bits per heavy atom. The molecule has 5 nitrogen and oxygen atoms in total. The van der Waals surface area contributed by atoms with Crippen LogP contribution in [0.3, 0.4) is 0 Å². The van der Waals surface area contributed by atoms with Crippen molar-refractivity contribution in [3.63, 3.8) is 0 Å². The number of nitrogens with zero attached hydrogens (tertiary/aromatic N) is 1. The zero-order chi connectivity index (χ0) is 18.3. The highest BCUT2D eigenvalue weighted by Crippen LogP contribution is 2.60. The van der Waals surface area contributed by atoms with E-state index in [9.17, 15) is 9.59 Å². The molecular weight excluding hydrogens is 326 g/mol. The number of amides is 2. The summed E-state index contributed by atoms with van der Waals surface area (Å²) in [6.07, 6.45) is 7.08. The fourth-order valence-corrected chi connectivity index (χ4v) is 5.87. The van der Waals surface area contributed by atoms with Crippen molar-refractivity contribution < 1.29 is 9.59 Å². The standard InChI is InChI=1S/C21H25N3O2/c22-12-14-3-1-13(2-4-14)8-18(19(23)25)24-20(26)21-9-15-5-16(10-21)7-17(6-15)11-21/h1-4,15-18H,5-11H2,(H2,23,25)(H,24,26)/t15?,16?,17?,18-,21?/m0/s1. The number of benzene rings is 1. The van der Waals surface area contributed by atoms with Gasteiger partial charge >= 0.3 is 0 Å². The average molecular weight is 351 g/mol. The summed E-state index contributed by atoms with van der Waals surface area (Å²) in [6, 6.07) is 8.43. The Balaban J connectivity index is 1.47. The number of nitrogens with two attached hydrogens (primary N) is 1. The lowest BCUT2D eigenvalue weighted by atomic mass is 9.49. The number of carbonyl (C=O) groups is 2. The normalized spacial score (nSPS) is 32.7. The van der Waals surface area contributed by atoms with Gasteiger partial charge in [0.05, 0.1) is 11.6 Å². The molecule has 0 aliphatic heterocycles. The highest BCUT2D eigenvalue weighted by molar-refractivity contribution is 5.89. The molecule has 0 saturated heterocycles. The first-order valence-corrected chi connectivity index (χ1v) is 9.57. The molecule has 26 heavy (non-hydrogen) atoms. The summed E-state index contributed by atoms with van der Waals surface area (Å²) in [5.41, 5.74) is 6.75. The predicted octanol–water partition coefficient (Wildman–Crippen LogP) is 2.29. The van der Waals surface area contributed by atoms with Crippen LogP contribution in [0.1, 0.15) is 49.7 Å². The van der Waals surface area contributed by atoms with Gasteiger partial charge in [-0.15, -0.1) is 0 Å². The van der Waals surface area contributed by atoms with E-state index in [2.05, 4.69) is 11.4 Å². The van der Waals surface area contributed by atoms with Crippen molar-refractivity contribution in [3.8, 4) is 6.07 Å². The first-order chi connectivity index (χ1) is 12.5. The van der Waals surface area contributed by atoms with Crippen LogP contribution in [0.2, 0.25) is 0 Å². The summed E-state index contributed by atoms with van der Waals surface area (Å²) in [4.78, 5) is 25.1. The van der Waals surface area contributed by atoms with Gasteiger partial charge in [-0.3, -0.25) is 9.59 Å². The molecule has 0 aromatic heterocycles. The molecule has 0 radical (unpaired) electrons. The number of nitrogens with one attached hydrogen (secondary N) is 1. The van der Waals surface area contributed by atoms with E-state index in [1.807, 2.05) is 12.1 Å². The van der Waals surface area contributed by atoms with Crippen molar-refractivity contribution in [2.75, 3.05) is 0 Å². The molecule has 1 aromatic carbocycles. The van der Waals surface area contributed by atoms with E-state index in [0.717, 1.165) is 24.8 Å². The third-order valence-electron chi connectivity index (χ3n) is 6.69. The molecule has 1 atom stereocenters. The van der Waals surface area contributed by atoms with Gasteiger partial charge in [-0.05, 0) is 74.0 Å². The fraction of sp³-hybridized carbons (Fsp3) is 0.571. The largest absolute Gasteiger partial charge is 0.368 e. The van der Waals surface area contributed by atoms with Crippen LogP contribution in [0.15, 0.2) is 24.3 Å². The summed E-state index contributed by atoms with van der Waals surface area (Å²) in [6.45, 7) is 0. The number of rotatable bonds is 5. The number of nitriles is 1. The van der Waals surface area contributed by atoms with Crippen LogP contribution < -0.4 is 11.1 Å². The van der Waals surface area contributed by atoms with Gasteiger partial charge in [-0.1, -0.05) is 12.1 Å². The first-order valence-electron chi connectivity index (χ1n) is 9.57. The lowest BCUT2D eigenvalue weighted by molar-refractivity contribution is -0.148. The monoisotopic (exact) mass is 351 g/mol. The molecule has 3 N–H and O–H groups in total. The van der Waals surface area contributed by atoms with Gasteiger partial charge in [-0.25, -0.2) is 0 Å². The summed E-state index contributed by atoms with van der Waals surface area (Å²) < 4.78 is 0. The van der Waals surface area contributed by atoms with Crippen LogP contribution >= 0.6 is 0 Å². The van der Waals surface area contributed by atoms with Crippen molar-refractivity contribution in [3.05, 3.63) is 35.4 Å². The van der Waals surface area contributed by atoms with E-state index in [-0.39, 0.29) is 11.3 Å². The van der Waals surface area contributed by atoms with Crippen molar-refractivity contribution in [2.45, 2.75) is 51.0 Å². The van der Waals surface area contributed by atoms with E-state index in [1.165, 1.54) is 19.3 Å². The predicted molar refractivity (Wildman–Crippen MR) is 96.6 cm³/mol. The SMILES string of the molecule is N#Cc1ccc(C[C@H](NC(=O)C23CC4CC(CC(C4)C2)C3)C(N)=O)cc1. The zero-order valence-electron chi connectivity index (χ0n) is 14.9. The minimum atomic E-state index is -0.705. The van der Waals surface area contributed by atoms with Crippen LogP contribution in [0.5, 0.6) is 0 Å². The second-order valence-electron chi connectivity index (χ2n) is 8.64. The van der Waals surface area contributed by atoms with E-state index in [1.54, 1.807) is 12.1 Å². The van der Waals surface area contributed by atoms with Crippen LogP contribution in [-0.4, -0.2) is 17.9 Å². The Hall–Kier alpha value is -2.35. The van der Waals surface area contributed by atoms with Crippen molar-refractivity contribution in [2.24, 2.45) is 28.9 Å². The molecular formula is C21H25N3O2. The molecule has 136 valence electrons. The third kappa shape index (κ3) is 3.09. The molecule has 4 bridgehead atoms. The minimum absolute atomic E-state index is 0.0223. The Bertz CT molecular complexity index is 727. The van der Waals surface area contributed by atoms with E-state index >= 15 is 0 Å². The molecule has 4 fully saturated rings. The molecule has 2 amide bonds. The van der Waals surface area contributed by atoms with Crippen LogP contribution in [0, 0.1) is 34.5 Å². The molecule has 4 aliphatic carbocycles. The quantitative estimate of drug-likeness (QED) is 0.852. The number of carbonyl (C=O) groups excluding carboxylic acids is 2. The smallest absolute Gasteiger partial charge is 0.240 e. The van der Waals surface area contributed by atoms with Gasteiger partial charge in [0.1, 0.15) is 6.04 Å². The maximum atomic E-state index is 13.1. The Labute approximate surface area is 153 Å². The molecule has 5 heteroatoms. The van der Waals surface area contributed by atoms with Crippen molar-refractivity contribution in [1.29, 1.82) is 5.26 Å². The van der Waals surface area contributed by atoms with E-state index in [0.29, 0.717) is 29.7 Å². The topological polar surface area (TPSA) is 96.0 Å². The molecule has 4 aliphatic rings. The highest BCUT2D eigenvalue weighted by Gasteiger charge is 2.54. The summed E-state index contributed by atoms with van der Waals surface area (Å²) in [5, 5.41) is 11.9. The van der Waals surface area contributed by atoms with E-state index in [4.69, 9.17) is 11.0 Å². The van der Waals surface area contributed by atoms with Gasteiger partial charge in [0.15, 0.2) is 0 Å². The molecule has 0 heterocycles. The molecule has 1 aromatic rings. The van der Waals surface area contributed by atoms with E-state index < -0.39 is 11.9 Å².